The van der Waals surface area contributed by atoms with Crippen molar-refractivity contribution in [2.45, 2.75) is 13.3 Å². The number of benzene rings is 2. The van der Waals surface area contributed by atoms with Gasteiger partial charge in [0.25, 0.3) is 5.91 Å². The van der Waals surface area contributed by atoms with E-state index in [0.717, 1.165) is 10.2 Å². The maximum atomic E-state index is 12.1. The largest absolute Gasteiger partial charge is 0.494 e. The van der Waals surface area contributed by atoms with Crippen molar-refractivity contribution in [1.82, 2.24) is 5.32 Å². The van der Waals surface area contributed by atoms with Gasteiger partial charge in [0.1, 0.15) is 5.75 Å². The zero-order chi connectivity index (χ0) is 17.4. The lowest BCUT2D eigenvalue weighted by Crippen LogP contribution is -2.27. The van der Waals surface area contributed by atoms with E-state index in [2.05, 4.69) is 26.6 Å². The Morgan fingerprint density at radius 2 is 1.88 bits per heavy atom. The molecule has 24 heavy (non-hydrogen) atoms. The molecule has 0 heterocycles. The number of carbonyl (C=O) groups is 2. The highest BCUT2D eigenvalue weighted by molar-refractivity contribution is 9.10. The highest BCUT2D eigenvalue weighted by Gasteiger charge is 2.08. The van der Waals surface area contributed by atoms with Gasteiger partial charge in [0, 0.05) is 28.7 Å². The first-order valence-electron chi connectivity index (χ1n) is 7.65. The zero-order valence-electron chi connectivity index (χ0n) is 13.3. The van der Waals surface area contributed by atoms with Gasteiger partial charge in [0.05, 0.1) is 6.61 Å². The number of amides is 2. The molecule has 6 heteroatoms. The average Bonchev–Trinajstić information content (AvgIpc) is 2.57. The van der Waals surface area contributed by atoms with Crippen molar-refractivity contribution in [3.63, 3.8) is 0 Å². The molecule has 0 bridgehead atoms. The van der Waals surface area contributed by atoms with E-state index >= 15 is 0 Å². The third-order valence-electron chi connectivity index (χ3n) is 3.17. The van der Waals surface area contributed by atoms with Gasteiger partial charge in [-0.25, -0.2) is 0 Å². The van der Waals surface area contributed by atoms with E-state index in [-0.39, 0.29) is 24.8 Å². The minimum atomic E-state index is -0.229. The van der Waals surface area contributed by atoms with Crippen LogP contribution in [0, 0.1) is 0 Å². The number of carbonyl (C=O) groups excluding carboxylic acids is 2. The second-order valence-electron chi connectivity index (χ2n) is 5.02. The van der Waals surface area contributed by atoms with Gasteiger partial charge in [-0.05, 0) is 49.4 Å². The molecular weight excluding hydrogens is 372 g/mol. The Kier molecular flexibility index (Phi) is 6.81. The summed E-state index contributed by atoms with van der Waals surface area (Å²) < 4.78 is 6.31. The first-order chi connectivity index (χ1) is 11.6. The van der Waals surface area contributed by atoms with Crippen molar-refractivity contribution in [2.75, 3.05) is 18.5 Å². The molecule has 2 amide bonds. The summed E-state index contributed by atoms with van der Waals surface area (Å²) in [6.45, 7) is 2.69. The molecular formula is C18H19BrN2O3. The van der Waals surface area contributed by atoms with Crippen LogP contribution in [0.1, 0.15) is 23.7 Å². The van der Waals surface area contributed by atoms with Crippen LogP contribution in [0.2, 0.25) is 0 Å². The van der Waals surface area contributed by atoms with Crippen LogP contribution in [0.25, 0.3) is 0 Å². The second-order valence-corrected chi connectivity index (χ2v) is 5.94. The van der Waals surface area contributed by atoms with E-state index in [1.807, 2.05) is 19.1 Å². The summed E-state index contributed by atoms with van der Waals surface area (Å²) in [5.41, 5.74) is 1.23. The molecule has 5 nitrogen and oxygen atoms in total. The Morgan fingerprint density at radius 3 is 2.58 bits per heavy atom. The summed E-state index contributed by atoms with van der Waals surface area (Å²) in [4.78, 5) is 23.9. The fraction of sp³-hybridized carbons (Fsp3) is 0.222. The topological polar surface area (TPSA) is 67.4 Å². The van der Waals surface area contributed by atoms with Gasteiger partial charge in [0.15, 0.2) is 0 Å². The van der Waals surface area contributed by atoms with Crippen LogP contribution < -0.4 is 15.4 Å². The van der Waals surface area contributed by atoms with Gasteiger partial charge in [0.2, 0.25) is 5.91 Å². The maximum absolute atomic E-state index is 12.1. The standard InChI is InChI=1S/C18H19BrN2O3/c1-2-24-16-5-3-4-13(12-16)18(23)20-11-10-17(22)21-15-8-6-14(19)7-9-15/h3-9,12H,2,10-11H2,1H3,(H,20,23)(H,21,22). The molecule has 0 radical (unpaired) electrons. The van der Waals surface area contributed by atoms with Crippen molar-refractivity contribution >= 4 is 33.4 Å². The van der Waals surface area contributed by atoms with Crippen LogP contribution in [0.4, 0.5) is 5.69 Å². The number of rotatable bonds is 7. The van der Waals surface area contributed by atoms with Gasteiger partial charge in [-0.1, -0.05) is 22.0 Å². The number of hydrogen-bond donors (Lipinski definition) is 2. The lowest BCUT2D eigenvalue weighted by atomic mass is 10.2. The van der Waals surface area contributed by atoms with Gasteiger partial charge in [-0.2, -0.15) is 0 Å². The SMILES string of the molecule is CCOc1cccc(C(=O)NCCC(=O)Nc2ccc(Br)cc2)c1. The van der Waals surface area contributed by atoms with E-state index in [9.17, 15) is 9.59 Å². The normalized spacial score (nSPS) is 10.1. The molecule has 126 valence electrons. The minimum Gasteiger partial charge on any atom is -0.494 e. The van der Waals surface area contributed by atoms with Crippen LogP contribution in [0.15, 0.2) is 53.0 Å². The van der Waals surface area contributed by atoms with Gasteiger partial charge in [-0.3, -0.25) is 9.59 Å². The molecule has 2 aromatic rings. The Labute approximate surface area is 149 Å². The number of nitrogens with one attached hydrogen (secondary N) is 2. The molecule has 2 N–H and O–H groups in total. The van der Waals surface area contributed by atoms with Gasteiger partial charge in [-0.15, -0.1) is 0 Å². The van der Waals surface area contributed by atoms with E-state index < -0.39 is 0 Å². The predicted octanol–water partition coefficient (Wildman–Crippen LogP) is 3.61. The predicted molar refractivity (Wildman–Crippen MR) is 97.3 cm³/mol. The quantitative estimate of drug-likeness (QED) is 0.758. The van der Waals surface area contributed by atoms with E-state index in [1.165, 1.54) is 0 Å². The number of halogens is 1. The second kappa shape index (κ2) is 9.08. The molecule has 2 rings (SSSR count). The maximum Gasteiger partial charge on any atom is 0.251 e. The number of ether oxygens (including phenoxy) is 1. The Hall–Kier alpha value is -2.34. The first-order valence-corrected chi connectivity index (χ1v) is 8.44. The van der Waals surface area contributed by atoms with Crippen LogP contribution in [-0.4, -0.2) is 25.0 Å². The number of hydrogen-bond acceptors (Lipinski definition) is 3. The number of anilines is 1. The molecule has 2 aromatic carbocycles. The Bertz CT molecular complexity index is 702. The molecule has 0 saturated carbocycles. The third-order valence-corrected chi connectivity index (χ3v) is 3.70. The molecule has 0 fully saturated rings. The van der Waals surface area contributed by atoms with Crippen LogP contribution in [0.5, 0.6) is 5.75 Å². The van der Waals surface area contributed by atoms with E-state index in [4.69, 9.17) is 4.74 Å². The van der Waals surface area contributed by atoms with Crippen LogP contribution >= 0.6 is 15.9 Å². The summed E-state index contributed by atoms with van der Waals surface area (Å²) in [6.07, 6.45) is 0.201. The van der Waals surface area contributed by atoms with Gasteiger partial charge >= 0.3 is 0 Å². The molecule has 0 aromatic heterocycles. The molecule has 0 atom stereocenters. The van der Waals surface area contributed by atoms with Crippen LogP contribution in [0.3, 0.4) is 0 Å². The lowest BCUT2D eigenvalue weighted by molar-refractivity contribution is -0.116. The van der Waals surface area contributed by atoms with Crippen LogP contribution in [-0.2, 0) is 4.79 Å². The van der Waals surface area contributed by atoms with E-state index in [1.54, 1.807) is 36.4 Å². The molecule has 0 unspecified atom stereocenters. The van der Waals surface area contributed by atoms with Crippen molar-refractivity contribution in [3.8, 4) is 5.75 Å². The van der Waals surface area contributed by atoms with Crippen molar-refractivity contribution in [1.29, 1.82) is 0 Å². The molecule has 0 spiro atoms. The highest BCUT2D eigenvalue weighted by atomic mass is 79.9. The summed E-state index contributed by atoms with van der Waals surface area (Å²) in [6, 6.07) is 14.3. The van der Waals surface area contributed by atoms with Gasteiger partial charge < -0.3 is 15.4 Å². The van der Waals surface area contributed by atoms with Crippen molar-refractivity contribution < 1.29 is 14.3 Å². The zero-order valence-corrected chi connectivity index (χ0v) is 14.9. The van der Waals surface area contributed by atoms with E-state index in [0.29, 0.717) is 17.9 Å². The summed E-state index contributed by atoms with van der Waals surface area (Å²) >= 11 is 3.34. The minimum absolute atomic E-state index is 0.152. The Balaban J connectivity index is 1.78. The fourth-order valence-electron chi connectivity index (χ4n) is 2.04. The molecule has 0 aliphatic rings. The smallest absolute Gasteiger partial charge is 0.251 e. The monoisotopic (exact) mass is 390 g/mol. The third kappa shape index (κ3) is 5.70. The summed E-state index contributed by atoms with van der Waals surface area (Å²) in [7, 11) is 0. The molecule has 0 aliphatic carbocycles. The van der Waals surface area contributed by atoms with Crippen molar-refractivity contribution in [2.24, 2.45) is 0 Å². The Morgan fingerprint density at radius 1 is 1.12 bits per heavy atom. The molecule has 0 aliphatic heterocycles. The fourth-order valence-corrected chi connectivity index (χ4v) is 2.31. The highest BCUT2D eigenvalue weighted by Crippen LogP contribution is 2.14. The lowest BCUT2D eigenvalue weighted by Gasteiger charge is -2.08. The average molecular weight is 391 g/mol. The summed E-state index contributed by atoms with van der Waals surface area (Å²) in [5, 5.41) is 5.51. The van der Waals surface area contributed by atoms with Crippen molar-refractivity contribution in [3.05, 3.63) is 58.6 Å². The summed E-state index contributed by atoms with van der Waals surface area (Å²) in [5.74, 6) is 0.270. The molecule has 0 saturated heterocycles. The first kappa shape index (κ1) is 18.0.